The molecule has 162 valence electrons. The quantitative estimate of drug-likeness (QED) is 0.167. The first kappa shape index (κ1) is 26.7. The van der Waals surface area contributed by atoms with Gasteiger partial charge in [0.1, 0.15) is 9.98 Å². The summed E-state index contributed by atoms with van der Waals surface area (Å²) in [7, 11) is 0. The van der Waals surface area contributed by atoms with Crippen molar-refractivity contribution in [2.45, 2.75) is 104 Å². The van der Waals surface area contributed by atoms with Gasteiger partial charge in [0.2, 0.25) is 0 Å². The molecule has 0 aliphatic heterocycles. The van der Waals surface area contributed by atoms with E-state index in [1.165, 1.54) is 6.92 Å². The van der Waals surface area contributed by atoms with E-state index >= 15 is 0 Å². The van der Waals surface area contributed by atoms with E-state index in [0.29, 0.717) is 0 Å². The van der Waals surface area contributed by atoms with Gasteiger partial charge in [-0.1, -0.05) is 89.6 Å². The molecular weight excluding hydrogens is 396 g/mol. The first-order chi connectivity index (χ1) is 13.2. The van der Waals surface area contributed by atoms with Crippen molar-refractivity contribution in [1.29, 1.82) is 0 Å². The SMILES string of the molecule is CCCCCCCC(=O)OC(C)(NC(=S)C(N)=S)OC(=O)CCCCCCC. The average Bonchev–Trinajstić information content (AvgIpc) is 2.60. The zero-order valence-corrected chi connectivity index (χ0v) is 19.1. The molecule has 0 aliphatic carbocycles. The van der Waals surface area contributed by atoms with E-state index in [1.807, 2.05) is 0 Å². The second kappa shape index (κ2) is 15.6. The third-order valence-electron chi connectivity index (χ3n) is 4.15. The number of hydrogen-bond donors (Lipinski definition) is 2. The Hall–Kier alpha value is -1.28. The van der Waals surface area contributed by atoms with E-state index in [1.54, 1.807) is 0 Å². The second-order valence-corrected chi connectivity index (χ2v) is 7.89. The molecule has 0 rings (SSSR count). The van der Waals surface area contributed by atoms with Crippen molar-refractivity contribution in [2.75, 3.05) is 0 Å². The normalized spacial score (nSPS) is 11.0. The average molecular weight is 433 g/mol. The number of hydrogen-bond acceptors (Lipinski definition) is 6. The van der Waals surface area contributed by atoms with Crippen LogP contribution >= 0.6 is 24.4 Å². The van der Waals surface area contributed by atoms with Crippen molar-refractivity contribution in [3.05, 3.63) is 0 Å². The number of carbonyl (C=O) groups is 2. The van der Waals surface area contributed by atoms with E-state index in [4.69, 9.17) is 39.6 Å². The van der Waals surface area contributed by atoms with Crippen molar-refractivity contribution in [1.82, 2.24) is 5.32 Å². The summed E-state index contributed by atoms with van der Waals surface area (Å²) >= 11 is 9.87. The smallest absolute Gasteiger partial charge is 0.337 e. The molecular formula is C20H36N2O4S2. The molecule has 6 nitrogen and oxygen atoms in total. The van der Waals surface area contributed by atoms with Gasteiger partial charge < -0.3 is 20.5 Å². The van der Waals surface area contributed by atoms with Crippen LogP contribution in [0.3, 0.4) is 0 Å². The first-order valence-corrected chi connectivity index (χ1v) is 11.1. The van der Waals surface area contributed by atoms with E-state index in [0.717, 1.165) is 64.2 Å². The van der Waals surface area contributed by atoms with Crippen molar-refractivity contribution >= 4 is 46.4 Å². The van der Waals surface area contributed by atoms with E-state index in [2.05, 4.69) is 19.2 Å². The van der Waals surface area contributed by atoms with Crippen LogP contribution < -0.4 is 11.1 Å². The predicted octanol–water partition coefficient (Wildman–Crippen LogP) is 4.67. The van der Waals surface area contributed by atoms with Crippen LogP contribution in [0, 0.1) is 0 Å². The van der Waals surface area contributed by atoms with Gasteiger partial charge in [-0.2, -0.15) is 0 Å². The molecule has 0 aliphatic rings. The minimum atomic E-state index is -1.72. The third kappa shape index (κ3) is 13.8. The van der Waals surface area contributed by atoms with Gasteiger partial charge in [0.05, 0.1) is 0 Å². The number of thiocarbonyl (C=S) groups is 2. The van der Waals surface area contributed by atoms with Gasteiger partial charge in [-0.05, 0) is 12.8 Å². The molecule has 0 aromatic rings. The zero-order chi connectivity index (χ0) is 21.4. The second-order valence-electron chi connectivity index (χ2n) is 7.04. The first-order valence-electron chi connectivity index (χ1n) is 10.3. The maximum absolute atomic E-state index is 12.2. The van der Waals surface area contributed by atoms with Crippen molar-refractivity contribution in [3.63, 3.8) is 0 Å². The van der Waals surface area contributed by atoms with Gasteiger partial charge in [-0.25, -0.2) is 0 Å². The van der Waals surface area contributed by atoms with Gasteiger partial charge in [0.25, 0.3) is 0 Å². The Kier molecular flexibility index (Phi) is 14.9. The Morgan fingerprint density at radius 2 is 1.21 bits per heavy atom. The summed E-state index contributed by atoms with van der Waals surface area (Å²) in [6.07, 6.45) is 10.6. The van der Waals surface area contributed by atoms with Crippen LogP contribution in [0.2, 0.25) is 0 Å². The Bertz CT molecular complexity index is 484. The maximum atomic E-state index is 12.2. The summed E-state index contributed by atoms with van der Waals surface area (Å²) in [5.41, 5.74) is 5.50. The van der Waals surface area contributed by atoms with Crippen molar-refractivity contribution in [3.8, 4) is 0 Å². The molecule has 0 aromatic carbocycles. The molecule has 0 amide bonds. The molecule has 3 N–H and O–H groups in total. The highest BCUT2D eigenvalue weighted by Crippen LogP contribution is 2.16. The summed E-state index contributed by atoms with van der Waals surface area (Å²) in [5.74, 6) is -2.65. The highest BCUT2D eigenvalue weighted by Gasteiger charge is 2.34. The van der Waals surface area contributed by atoms with Crippen molar-refractivity contribution in [2.24, 2.45) is 5.73 Å². The zero-order valence-electron chi connectivity index (χ0n) is 17.5. The summed E-state index contributed by atoms with van der Waals surface area (Å²) < 4.78 is 10.8. The number of nitrogens with one attached hydrogen (secondary N) is 1. The lowest BCUT2D eigenvalue weighted by molar-refractivity contribution is -0.227. The van der Waals surface area contributed by atoms with Gasteiger partial charge in [-0.3, -0.25) is 9.59 Å². The van der Waals surface area contributed by atoms with Crippen LogP contribution in [0.15, 0.2) is 0 Å². The van der Waals surface area contributed by atoms with Gasteiger partial charge in [-0.15, -0.1) is 0 Å². The Balaban J connectivity index is 4.65. The van der Waals surface area contributed by atoms with Gasteiger partial charge in [0, 0.05) is 19.8 Å². The molecule has 0 unspecified atom stereocenters. The fraction of sp³-hybridized carbons (Fsp3) is 0.800. The number of esters is 2. The number of unbranched alkanes of at least 4 members (excludes halogenated alkanes) is 8. The Morgan fingerprint density at radius 3 is 1.57 bits per heavy atom. The van der Waals surface area contributed by atoms with Crippen LogP contribution in [-0.4, -0.2) is 27.8 Å². The van der Waals surface area contributed by atoms with Crippen molar-refractivity contribution < 1.29 is 19.1 Å². The maximum Gasteiger partial charge on any atom is 0.337 e. The van der Waals surface area contributed by atoms with Crippen LogP contribution in [-0.2, 0) is 19.1 Å². The number of nitrogens with two attached hydrogens (primary N) is 1. The van der Waals surface area contributed by atoms with Gasteiger partial charge in [0.15, 0.2) is 0 Å². The largest absolute Gasteiger partial charge is 0.404 e. The third-order valence-corrected chi connectivity index (χ3v) is 4.81. The Labute approximate surface area is 180 Å². The summed E-state index contributed by atoms with van der Waals surface area (Å²) in [4.78, 5) is 24.3. The number of ether oxygens (including phenoxy) is 2. The van der Waals surface area contributed by atoms with Gasteiger partial charge >= 0.3 is 17.8 Å². The van der Waals surface area contributed by atoms with E-state index < -0.39 is 17.8 Å². The van der Waals surface area contributed by atoms with E-state index in [-0.39, 0.29) is 22.8 Å². The summed E-state index contributed by atoms with van der Waals surface area (Å²) in [6.45, 7) is 5.70. The molecule has 0 atom stereocenters. The molecule has 0 saturated carbocycles. The van der Waals surface area contributed by atoms with Crippen LogP contribution in [0.1, 0.15) is 97.8 Å². The monoisotopic (exact) mass is 432 g/mol. The van der Waals surface area contributed by atoms with Crippen LogP contribution in [0.4, 0.5) is 0 Å². The standard InChI is InChI=1S/C20H36N2O4S2/c1-4-6-8-10-12-14-16(23)25-20(3,22-19(28)18(21)27)26-17(24)15-13-11-9-7-5-2/h4-15H2,1-3H3,(H2,21,27)(H,22,28). The molecule has 0 spiro atoms. The minimum absolute atomic E-state index is 0.00370. The number of carbonyl (C=O) groups excluding carboxylic acids is 2. The summed E-state index contributed by atoms with van der Waals surface area (Å²) in [6, 6.07) is 0. The predicted molar refractivity (Wildman–Crippen MR) is 120 cm³/mol. The fourth-order valence-corrected chi connectivity index (χ4v) is 2.86. The Morgan fingerprint density at radius 1 is 0.821 bits per heavy atom. The van der Waals surface area contributed by atoms with Crippen LogP contribution in [0.5, 0.6) is 0 Å². The molecule has 0 aromatic heterocycles. The molecule has 0 heterocycles. The molecule has 8 heteroatoms. The minimum Gasteiger partial charge on any atom is -0.404 e. The molecule has 0 saturated heterocycles. The van der Waals surface area contributed by atoms with E-state index in [9.17, 15) is 9.59 Å². The molecule has 28 heavy (non-hydrogen) atoms. The highest BCUT2D eigenvalue weighted by molar-refractivity contribution is 7.89. The topological polar surface area (TPSA) is 90.7 Å². The fourth-order valence-electron chi connectivity index (χ4n) is 2.62. The number of rotatable bonds is 15. The lowest BCUT2D eigenvalue weighted by atomic mass is 10.1. The molecule has 0 radical (unpaired) electrons. The lowest BCUT2D eigenvalue weighted by Crippen LogP contribution is -2.54. The summed E-state index contributed by atoms with van der Waals surface area (Å²) in [5, 5.41) is 2.66. The highest BCUT2D eigenvalue weighted by atomic mass is 32.1. The lowest BCUT2D eigenvalue weighted by Gasteiger charge is -2.30. The molecule has 0 bridgehead atoms. The molecule has 0 fully saturated rings. The van der Waals surface area contributed by atoms with Crippen LogP contribution in [0.25, 0.3) is 0 Å².